The summed E-state index contributed by atoms with van der Waals surface area (Å²) in [5.41, 5.74) is 0.638. The van der Waals surface area contributed by atoms with Crippen molar-refractivity contribution in [2.45, 2.75) is 38.4 Å². The molecule has 1 aromatic carbocycles. The number of hydrogen-bond donors (Lipinski definition) is 1. The van der Waals surface area contributed by atoms with Gasteiger partial charge in [-0.2, -0.15) is 4.98 Å². The van der Waals surface area contributed by atoms with Crippen LogP contribution in [0.4, 0.5) is 0 Å². The van der Waals surface area contributed by atoms with Crippen LogP contribution in [-0.4, -0.2) is 15.2 Å². The highest BCUT2D eigenvalue weighted by molar-refractivity contribution is 6.30. The first kappa shape index (κ1) is 13.4. The monoisotopic (exact) mass is 294 g/mol. The Labute approximate surface area is 121 Å². The van der Waals surface area contributed by atoms with Crippen molar-refractivity contribution in [1.29, 1.82) is 0 Å². The van der Waals surface area contributed by atoms with E-state index in [0.29, 0.717) is 28.1 Å². The lowest BCUT2D eigenvalue weighted by Gasteiger charge is -2.12. The lowest BCUT2D eigenvalue weighted by atomic mass is 10.1. The van der Waals surface area contributed by atoms with Crippen LogP contribution in [0, 0.1) is 0 Å². The third-order valence-electron chi connectivity index (χ3n) is 3.20. The van der Waals surface area contributed by atoms with Gasteiger partial charge >= 0.3 is 0 Å². The summed E-state index contributed by atoms with van der Waals surface area (Å²) in [5, 5.41) is 14.2. The minimum Gasteiger partial charge on any atom is -0.483 e. The van der Waals surface area contributed by atoms with E-state index < -0.39 is 6.10 Å². The van der Waals surface area contributed by atoms with E-state index in [1.165, 1.54) is 0 Å². The third-order valence-corrected chi connectivity index (χ3v) is 3.43. The number of aromatic nitrogens is 2. The molecule has 0 bridgehead atoms. The first-order valence-electron chi connectivity index (χ1n) is 6.56. The van der Waals surface area contributed by atoms with Gasteiger partial charge in [0.1, 0.15) is 5.75 Å². The Morgan fingerprint density at radius 1 is 1.50 bits per heavy atom. The standard InChI is InChI=1S/C14H15ClN2O3/c1-8(18)11-6-10(15)4-5-12(11)19-7-13-16-14(17-20-13)9-2-3-9/h4-6,8-9,18H,2-3,7H2,1H3. The van der Waals surface area contributed by atoms with Gasteiger partial charge in [-0.3, -0.25) is 0 Å². The van der Waals surface area contributed by atoms with Crippen LogP contribution in [0.5, 0.6) is 5.75 Å². The Hall–Kier alpha value is -1.59. The molecule has 0 radical (unpaired) electrons. The lowest BCUT2D eigenvalue weighted by molar-refractivity contribution is 0.185. The average Bonchev–Trinajstić information content (AvgIpc) is 3.17. The predicted octanol–water partition coefficient (Wildman–Crippen LogP) is 3.23. The molecule has 1 saturated carbocycles. The number of rotatable bonds is 5. The van der Waals surface area contributed by atoms with Crippen LogP contribution in [0.3, 0.4) is 0 Å². The number of halogens is 1. The molecule has 3 rings (SSSR count). The van der Waals surface area contributed by atoms with E-state index in [4.69, 9.17) is 20.9 Å². The van der Waals surface area contributed by atoms with Crippen LogP contribution in [0.1, 0.15) is 49.1 Å². The summed E-state index contributed by atoms with van der Waals surface area (Å²) in [7, 11) is 0. The van der Waals surface area contributed by atoms with Gasteiger partial charge in [-0.25, -0.2) is 0 Å². The number of hydrogen-bond acceptors (Lipinski definition) is 5. The molecule has 20 heavy (non-hydrogen) atoms. The summed E-state index contributed by atoms with van der Waals surface area (Å²) >= 11 is 5.92. The zero-order valence-corrected chi connectivity index (χ0v) is 11.8. The molecule has 5 nitrogen and oxygen atoms in total. The van der Waals surface area contributed by atoms with Crippen LogP contribution in [0.2, 0.25) is 5.02 Å². The second kappa shape index (κ2) is 5.42. The minimum absolute atomic E-state index is 0.182. The molecule has 6 heteroatoms. The second-order valence-corrected chi connectivity index (χ2v) is 5.40. The SMILES string of the molecule is CC(O)c1cc(Cl)ccc1OCc1nc(C2CC2)no1. The van der Waals surface area contributed by atoms with Crippen molar-refractivity contribution in [1.82, 2.24) is 10.1 Å². The van der Waals surface area contributed by atoms with Crippen LogP contribution in [0.15, 0.2) is 22.7 Å². The number of aliphatic hydroxyl groups is 1. The molecule has 1 aromatic heterocycles. The summed E-state index contributed by atoms with van der Waals surface area (Å²) in [5.74, 6) is 2.22. The van der Waals surface area contributed by atoms with Crippen molar-refractivity contribution >= 4 is 11.6 Å². The molecule has 0 amide bonds. The zero-order chi connectivity index (χ0) is 14.1. The van der Waals surface area contributed by atoms with Gasteiger partial charge in [0.05, 0.1) is 6.10 Å². The fourth-order valence-corrected chi connectivity index (χ4v) is 2.13. The summed E-state index contributed by atoms with van der Waals surface area (Å²) in [6.45, 7) is 1.84. The van der Waals surface area contributed by atoms with Crippen molar-refractivity contribution in [2.24, 2.45) is 0 Å². The summed E-state index contributed by atoms with van der Waals surface area (Å²) in [6.07, 6.45) is 1.60. The topological polar surface area (TPSA) is 68.4 Å². The van der Waals surface area contributed by atoms with Gasteiger partial charge in [0.25, 0.3) is 5.89 Å². The van der Waals surface area contributed by atoms with E-state index in [1.807, 2.05) is 0 Å². The highest BCUT2D eigenvalue weighted by Gasteiger charge is 2.28. The Morgan fingerprint density at radius 3 is 3.00 bits per heavy atom. The molecule has 1 N–H and O–H groups in total. The van der Waals surface area contributed by atoms with E-state index in [9.17, 15) is 5.11 Å². The van der Waals surface area contributed by atoms with Crippen molar-refractivity contribution in [3.05, 3.63) is 40.5 Å². The molecule has 0 saturated heterocycles. The number of benzene rings is 1. The number of ether oxygens (including phenoxy) is 1. The normalized spacial score (nSPS) is 16.1. The molecule has 0 aliphatic heterocycles. The quantitative estimate of drug-likeness (QED) is 0.917. The molecule has 1 atom stereocenters. The summed E-state index contributed by atoms with van der Waals surface area (Å²) in [6, 6.07) is 5.12. The van der Waals surface area contributed by atoms with E-state index in [2.05, 4.69) is 10.1 Å². The number of aliphatic hydroxyl groups excluding tert-OH is 1. The molecule has 1 aliphatic carbocycles. The Balaban J connectivity index is 1.70. The van der Waals surface area contributed by atoms with Gasteiger partial charge in [0.15, 0.2) is 12.4 Å². The van der Waals surface area contributed by atoms with Gasteiger partial charge < -0.3 is 14.4 Å². The lowest BCUT2D eigenvalue weighted by Crippen LogP contribution is -2.01. The largest absolute Gasteiger partial charge is 0.483 e. The molecule has 1 heterocycles. The van der Waals surface area contributed by atoms with E-state index in [-0.39, 0.29) is 6.61 Å². The van der Waals surface area contributed by atoms with E-state index in [1.54, 1.807) is 25.1 Å². The van der Waals surface area contributed by atoms with Crippen LogP contribution in [0.25, 0.3) is 0 Å². The Kier molecular flexibility index (Phi) is 3.63. The van der Waals surface area contributed by atoms with Gasteiger partial charge in [-0.15, -0.1) is 0 Å². The first-order valence-corrected chi connectivity index (χ1v) is 6.94. The molecule has 1 aliphatic rings. The number of nitrogens with zero attached hydrogens (tertiary/aromatic N) is 2. The van der Waals surface area contributed by atoms with Crippen LogP contribution in [-0.2, 0) is 6.61 Å². The maximum Gasteiger partial charge on any atom is 0.264 e. The fourth-order valence-electron chi connectivity index (χ4n) is 1.95. The Bertz CT molecular complexity index is 608. The van der Waals surface area contributed by atoms with Gasteiger partial charge in [-0.1, -0.05) is 16.8 Å². The van der Waals surface area contributed by atoms with E-state index >= 15 is 0 Å². The van der Waals surface area contributed by atoms with Crippen molar-refractivity contribution < 1.29 is 14.4 Å². The molecular weight excluding hydrogens is 280 g/mol. The molecule has 1 fully saturated rings. The smallest absolute Gasteiger partial charge is 0.264 e. The maximum atomic E-state index is 9.72. The van der Waals surface area contributed by atoms with Crippen molar-refractivity contribution in [2.75, 3.05) is 0 Å². The summed E-state index contributed by atoms with van der Waals surface area (Å²) in [4.78, 5) is 4.29. The molecule has 106 valence electrons. The zero-order valence-electron chi connectivity index (χ0n) is 11.0. The van der Waals surface area contributed by atoms with Gasteiger partial charge in [0.2, 0.25) is 0 Å². The fraction of sp³-hybridized carbons (Fsp3) is 0.429. The maximum absolute atomic E-state index is 9.72. The molecular formula is C14H15ClN2O3. The molecule has 0 spiro atoms. The highest BCUT2D eigenvalue weighted by atomic mass is 35.5. The molecule has 2 aromatic rings. The highest BCUT2D eigenvalue weighted by Crippen LogP contribution is 2.38. The van der Waals surface area contributed by atoms with Gasteiger partial charge in [0, 0.05) is 16.5 Å². The first-order chi connectivity index (χ1) is 9.63. The van der Waals surface area contributed by atoms with Crippen molar-refractivity contribution in [3.8, 4) is 5.75 Å². The Morgan fingerprint density at radius 2 is 2.30 bits per heavy atom. The summed E-state index contributed by atoms with van der Waals surface area (Å²) < 4.78 is 10.8. The average molecular weight is 295 g/mol. The molecule has 1 unspecified atom stereocenters. The minimum atomic E-state index is -0.659. The van der Waals surface area contributed by atoms with Crippen molar-refractivity contribution in [3.63, 3.8) is 0 Å². The van der Waals surface area contributed by atoms with Crippen LogP contribution < -0.4 is 4.74 Å². The third kappa shape index (κ3) is 2.94. The predicted molar refractivity (Wildman–Crippen MR) is 72.7 cm³/mol. The van der Waals surface area contributed by atoms with Gasteiger partial charge in [-0.05, 0) is 38.0 Å². The van der Waals surface area contributed by atoms with E-state index in [0.717, 1.165) is 18.7 Å². The van der Waals surface area contributed by atoms with Crippen LogP contribution >= 0.6 is 11.6 Å². The second-order valence-electron chi connectivity index (χ2n) is 4.97.